The van der Waals surface area contributed by atoms with Crippen molar-refractivity contribution in [1.29, 1.82) is 0 Å². The Bertz CT molecular complexity index is 467. The van der Waals surface area contributed by atoms with Gasteiger partial charge in [0.1, 0.15) is 0 Å². The van der Waals surface area contributed by atoms with Crippen LogP contribution in [-0.4, -0.2) is 26.4 Å². The molecule has 2 atom stereocenters. The maximum atomic E-state index is 10.5. The minimum absolute atomic E-state index is 0.564. The Morgan fingerprint density at radius 3 is 2.12 bits per heavy atom. The van der Waals surface area contributed by atoms with Crippen LogP contribution in [0.5, 0.6) is 0 Å². The fourth-order valence-corrected chi connectivity index (χ4v) is 3.81. The lowest BCUT2D eigenvalue weighted by Crippen LogP contribution is -2.08. The number of hydrogen-bond donors (Lipinski definition) is 4. The normalized spacial score (nSPS) is 22.0. The number of hydrogen-bond acceptors (Lipinski definition) is 4. The molecule has 1 saturated carbocycles. The minimum Gasteiger partial charge on any atom is -0.504 e. The highest BCUT2D eigenvalue weighted by Gasteiger charge is 2.26. The van der Waals surface area contributed by atoms with Gasteiger partial charge in [0.05, 0.1) is 0 Å². The largest absolute Gasteiger partial charge is 0.504 e. The molecule has 0 spiro atoms. The van der Waals surface area contributed by atoms with Crippen LogP contribution in [0.4, 0.5) is 0 Å². The number of unbranched alkanes of at least 4 members (excludes halogenated alkanes) is 5. The third-order valence-corrected chi connectivity index (χ3v) is 5.29. The Labute approximate surface area is 151 Å². The smallest absolute Gasteiger partial charge is 0.375 e. The number of carbonyl (C=O) groups is 1. The van der Waals surface area contributed by atoms with Crippen molar-refractivity contribution in [2.75, 3.05) is 0 Å². The van der Waals surface area contributed by atoms with E-state index in [1.165, 1.54) is 70.3 Å². The number of aliphatic hydroxyl groups excluding tert-OH is 3. The molecule has 5 nitrogen and oxygen atoms in total. The van der Waals surface area contributed by atoms with E-state index in [2.05, 4.69) is 6.92 Å². The van der Waals surface area contributed by atoms with Crippen LogP contribution in [0.25, 0.3) is 0 Å². The Kier molecular flexibility index (Phi) is 10.1. The van der Waals surface area contributed by atoms with Crippen molar-refractivity contribution < 1.29 is 25.2 Å². The molecule has 0 aromatic heterocycles. The van der Waals surface area contributed by atoms with Gasteiger partial charge >= 0.3 is 5.97 Å². The summed E-state index contributed by atoms with van der Waals surface area (Å²) >= 11 is 0. The first kappa shape index (κ1) is 21.4. The fourth-order valence-electron chi connectivity index (χ4n) is 3.81. The molecule has 1 aliphatic carbocycles. The minimum atomic E-state index is -1.66. The Morgan fingerprint density at radius 2 is 1.48 bits per heavy atom. The molecule has 144 valence electrons. The summed E-state index contributed by atoms with van der Waals surface area (Å²) < 4.78 is 0. The number of aliphatic carboxylic acids is 1. The molecule has 1 fully saturated rings. The van der Waals surface area contributed by atoms with Gasteiger partial charge in [-0.3, -0.25) is 0 Å². The van der Waals surface area contributed by atoms with E-state index in [-0.39, 0.29) is 0 Å². The van der Waals surface area contributed by atoms with Crippen LogP contribution in [0, 0.1) is 11.8 Å². The van der Waals surface area contributed by atoms with Gasteiger partial charge in [-0.05, 0) is 30.8 Å². The lowest BCUT2D eigenvalue weighted by Gasteiger charge is -2.19. The number of carboxylic acid groups (broad SMARTS) is 1. The van der Waals surface area contributed by atoms with Crippen LogP contribution in [0.3, 0.4) is 0 Å². The van der Waals surface area contributed by atoms with E-state index in [4.69, 9.17) is 10.2 Å². The van der Waals surface area contributed by atoms with E-state index in [9.17, 15) is 15.0 Å². The van der Waals surface area contributed by atoms with E-state index in [0.717, 1.165) is 12.3 Å². The first-order valence-corrected chi connectivity index (χ1v) is 9.72. The first-order valence-electron chi connectivity index (χ1n) is 9.72. The summed E-state index contributed by atoms with van der Waals surface area (Å²) in [6.07, 6.45) is 15.8. The van der Waals surface area contributed by atoms with Crippen molar-refractivity contribution in [2.45, 2.75) is 84.0 Å². The third kappa shape index (κ3) is 7.84. The molecule has 4 N–H and O–H groups in total. The van der Waals surface area contributed by atoms with Crippen LogP contribution in [-0.2, 0) is 4.79 Å². The number of aliphatic hydroxyl groups is 3. The Hall–Kier alpha value is -1.65. The zero-order chi connectivity index (χ0) is 18.7. The molecule has 0 aromatic carbocycles. The molecule has 1 rings (SSSR count). The molecule has 0 heterocycles. The summed E-state index contributed by atoms with van der Waals surface area (Å²) in [7, 11) is 0. The van der Waals surface area contributed by atoms with Crippen molar-refractivity contribution in [3.05, 3.63) is 23.4 Å². The van der Waals surface area contributed by atoms with Gasteiger partial charge < -0.3 is 20.4 Å². The van der Waals surface area contributed by atoms with E-state index >= 15 is 0 Å². The molecular formula is C20H34O5. The highest BCUT2D eigenvalue weighted by Crippen LogP contribution is 2.38. The summed E-state index contributed by atoms with van der Waals surface area (Å²) in [5.74, 6) is -3.03. The predicted octanol–water partition coefficient (Wildman–Crippen LogP) is 5.79. The zero-order valence-corrected chi connectivity index (χ0v) is 15.4. The van der Waals surface area contributed by atoms with E-state index in [0.29, 0.717) is 12.3 Å². The van der Waals surface area contributed by atoms with Crippen LogP contribution in [0.2, 0.25) is 0 Å². The quantitative estimate of drug-likeness (QED) is 0.154. The van der Waals surface area contributed by atoms with Crippen molar-refractivity contribution in [3.8, 4) is 0 Å². The van der Waals surface area contributed by atoms with Crippen LogP contribution < -0.4 is 0 Å². The molecule has 0 radical (unpaired) electrons. The molecule has 0 aliphatic heterocycles. The van der Waals surface area contributed by atoms with Gasteiger partial charge in [-0.2, -0.15) is 0 Å². The van der Waals surface area contributed by atoms with Gasteiger partial charge in [-0.25, -0.2) is 4.79 Å². The predicted molar refractivity (Wildman–Crippen MR) is 98.7 cm³/mol. The molecule has 0 aromatic rings. The zero-order valence-electron chi connectivity index (χ0n) is 15.4. The summed E-state index contributed by atoms with van der Waals surface area (Å²) in [5, 5.41) is 36.8. The second-order valence-electron chi connectivity index (χ2n) is 7.18. The Balaban J connectivity index is 2.34. The van der Waals surface area contributed by atoms with Gasteiger partial charge in [0, 0.05) is 0 Å². The number of carboxylic acids is 1. The van der Waals surface area contributed by atoms with Gasteiger partial charge in [-0.15, -0.1) is 0 Å². The average Bonchev–Trinajstić information content (AvgIpc) is 3.03. The maximum Gasteiger partial charge on any atom is 0.375 e. The van der Waals surface area contributed by atoms with E-state index in [1.807, 2.05) is 0 Å². The van der Waals surface area contributed by atoms with Crippen LogP contribution in [0.1, 0.15) is 84.0 Å². The first-order chi connectivity index (χ1) is 12.0. The standard InChI is InChI=1S/C20H34O5/c1-2-3-4-5-6-7-10-15-11-8-12-16(15)13-9-14-17(21)18(22)19(23)20(24)25/h14-16,21-23H,2-13H2,1H3,(H,24,25)/t15-,16+/m0/s1. The molecular weight excluding hydrogens is 320 g/mol. The molecule has 25 heavy (non-hydrogen) atoms. The lowest BCUT2D eigenvalue weighted by atomic mass is 9.87. The monoisotopic (exact) mass is 354 g/mol. The SMILES string of the molecule is CCCCCCCC[C@H]1CCC[C@@H]1CCC=C(O)C(O)=C(O)C(=O)O. The average molecular weight is 354 g/mol. The molecule has 5 heteroatoms. The van der Waals surface area contributed by atoms with Crippen molar-refractivity contribution in [1.82, 2.24) is 0 Å². The van der Waals surface area contributed by atoms with Crippen molar-refractivity contribution in [2.24, 2.45) is 11.8 Å². The fraction of sp³-hybridized carbons (Fsp3) is 0.750. The highest BCUT2D eigenvalue weighted by atomic mass is 16.4. The second kappa shape index (κ2) is 11.8. The number of allylic oxidation sites excluding steroid dienone is 1. The molecule has 0 unspecified atom stereocenters. The number of rotatable bonds is 12. The van der Waals surface area contributed by atoms with Crippen LogP contribution in [0.15, 0.2) is 23.4 Å². The summed E-state index contributed by atoms with van der Waals surface area (Å²) in [6.45, 7) is 2.23. The molecule has 1 aliphatic rings. The summed E-state index contributed by atoms with van der Waals surface area (Å²) in [4.78, 5) is 10.5. The Morgan fingerprint density at radius 1 is 0.880 bits per heavy atom. The molecule has 0 amide bonds. The van der Waals surface area contributed by atoms with Crippen molar-refractivity contribution in [3.63, 3.8) is 0 Å². The second-order valence-corrected chi connectivity index (χ2v) is 7.18. The van der Waals surface area contributed by atoms with Crippen LogP contribution >= 0.6 is 0 Å². The highest BCUT2D eigenvalue weighted by molar-refractivity contribution is 5.84. The van der Waals surface area contributed by atoms with Gasteiger partial charge in [0.25, 0.3) is 0 Å². The van der Waals surface area contributed by atoms with Gasteiger partial charge in [0.2, 0.25) is 11.5 Å². The topological polar surface area (TPSA) is 98.0 Å². The van der Waals surface area contributed by atoms with Gasteiger partial charge in [0.15, 0.2) is 5.76 Å². The van der Waals surface area contributed by atoms with Crippen molar-refractivity contribution >= 4 is 5.97 Å². The van der Waals surface area contributed by atoms with Gasteiger partial charge in [-0.1, -0.05) is 71.1 Å². The molecule has 0 bridgehead atoms. The summed E-state index contributed by atoms with van der Waals surface area (Å²) in [6, 6.07) is 0. The lowest BCUT2D eigenvalue weighted by molar-refractivity contribution is -0.135. The molecule has 0 saturated heterocycles. The maximum absolute atomic E-state index is 10.5. The third-order valence-electron chi connectivity index (χ3n) is 5.29. The van der Waals surface area contributed by atoms with E-state index in [1.54, 1.807) is 0 Å². The van der Waals surface area contributed by atoms with E-state index < -0.39 is 23.2 Å². The summed E-state index contributed by atoms with van der Waals surface area (Å²) in [5.41, 5.74) is 0.